The lowest BCUT2D eigenvalue weighted by Crippen LogP contribution is -2.31. The Kier molecular flexibility index (Phi) is 4.70. The van der Waals surface area contributed by atoms with Crippen LogP contribution in [0.25, 0.3) is 0 Å². The summed E-state index contributed by atoms with van der Waals surface area (Å²) in [6, 6.07) is 5.88. The number of halogens is 1. The van der Waals surface area contributed by atoms with Crippen LogP contribution in [0, 0.1) is 5.92 Å². The van der Waals surface area contributed by atoms with Crippen LogP contribution in [0.5, 0.6) is 0 Å². The van der Waals surface area contributed by atoms with Crippen LogP contribution in [0.15, 0.2) is 18.2 Å². The first-order chi connectivity index (χ1) is 9.11. The van der Waals surface area contributed by atoms with Crippen LogP contribution in [0.2, 0.25) is 5.02 Å². The first-order valence-electron chi connectivity index (χ1n) is 6.97. The zero-order valence-corrected chi connectivity index (χ0v) is 12.0. The Hall–Kier alpha value is -1.22. The minimum absolute atomic E-state index is 0.378. The summed E-state index contributed by atoms with van der Waals surface area (Å²) >= 11 is 6.07. The van der Waals surface area contributed by atoms with E-state index < -0.39 is 5.91 Å². The fourth-order valence-electron chi connectivity index (χ4n) is 2.91. The van der Waals surface area contributed by atoms with Crippen LogP contribution in [0.1, 0.15) is 49.4 Å². The second-order valence-corrected chi connectivity index (χ2v) is 5.67. The highest BCUT2D eigenvalue weighted by atomic mass is 35.5. The molecule has 1 saturated carbocycles. The van der Waals surface area contributed by atoms with E-state index in [1.54, 1.807) is 12.1 Å². The van der Waals surface area contributed by atoms with Gasteiger partial charge in [0, 0.05) is 11.7 Å². The lowest BCUT2D eigenvalue weighted by Gasteiger charge is -2.32. The first-order valence-corrected chi connectivity index (χ1v) is 7.35. The van der Waals surface area contributed by atoms with Gasteiger partial charge in [0.25, 0.3) is 0 Å². The van der Waals surface area contributed by atoms with Gasteiger partial charge in [-0.2, -0.15) is 0 Å². The Bertz CT molecular complexity index is 461. The summed E-state index contributed by atoms with van der Waals surface area (Å²) in [4.78, 5) is 11.1. The minimum atomic E-state index is -0.486. The average molecular weight is 281 g/mol. The van der Waals surface area contributed by atoms with Gasteiger partial charge in [0.05, 0.1) is 10.6 Å². The largest absolute Gasteiger partial charge is 0.382 e. The topological polar surface area (TPSA) is 55.1 Å². The van der Waals surface area contributed by atoms with E-state index in [0.29, 0.717) is 16.6 Å². The van der Waals surface area contributed by atoms with Gasteiger partial charge in [-0.3, -0.25) is 4.79 Å². The number of amides is 1. The molecule has 0 radical (unpaired) electrons. The van der Waals surface area contributed by atoms with Crippen molar-refractivity contribution in [2.75, 3.05) is 5.32 Å². The van der Waals surface area contributed by atoms with Gasteiger partial charge in [0.1, 0.15) is 0 Å². The number of hydrogen-bond acceptors (Lipinski definition) is 2. The minimum Gasteiger partial charge on any atom is -0.382 e. The third-order valence-corrected chi connectivity index (χ3v) is 4.33. The van der Waals surface area contributed by atoms with Crippen LogP contribution in [0.3, 0.4) is 0 Å². The van der Waals surface area contributed by atoms with Crippen molar-refractivity contribution in [3.05, 3.63) is 28.8 Å². The third kappa shape index (κ3) is 3.41. The molecule has 2 rings (SSSR count). The van der Waals surface area contributed by atoms with Gasteiger partial charge < -0.3 is 11.1 Å². The molecule has 1 aromatic carbocycles. The quantitative estimate of drug-likeness (QED) is 0.881. The van der Waals surface area contributed by atoms with Crippen LogP contribution >= 0.6 is 11.6 Å². The second kappa shape index (κ2) is 6.29. The molecule has 1 aliphatic carbocycles. The van der Waals surface area contributed by atoms with E-state index in [9.17, 15) is 4.79 Å². The van der Waals surface area contributed by atoms with Crippen LogP contribution < -0.4 is 11.1 Å². The van der Waals surface area contributed by atoms with Gasteiger partial charge in [-0.05, 0) is 37.0 Å². The van der Waals surface area contributed by atoms with Gasteiger partial charge in [-0.15, -0.1) is 0 Å². The highest BCUT2D eigenvalue weighted by Gasteiger charge is 2.23. The maximum atomic E-state index is 11.1. The van der Waals surface area contributed by atoms with Crippen LogP contribution in [-0.2, 0) is 0 Å². The van der Waals surface area contributed by atoms with Crippen molar-refractivity contribution in [1.82, 2.24) is 0 Å². The number of anilines is 1. The molecule has 0 spiro atoms. The SMILES string of the molecule is CCC1CCCCC1Nc1ccc(C(N)=O)c(Cl)c1. The summed E-state index contributed by atoms with van der Waals surface area (Å²) in [5.41, 5.74) is 6.60. The number of benzene rings is 1. The van der Waals surface area contributed by atoms with Crippen molar-refractivity contribution in [2.45, 2.75) is 45.1 Å². The standard InChI is InChI=1S/C15H21ClN2O/c1-2-10-5-3-4-6-14(10)18-11-7-8-12(15(17)19)13(16)9-11/h7-10,14,18H,2-6H2,1H3,(H2,17,19). The van der Waals surface area contributed by atoms with E-state index >= 15 is 0 Å². The van der Waals surface area contributed by atoms with Gasteiger partial charge in [-0.25, -0.2) is 0 Å². The van der Waals surface area contributed by atoms with E-state index in [1.165, 1.54) is 32.1 Å². The molecule has 0 aliphatic heterocycles. The normalized spacial score (nSPS) is 23.1. The van der Waals surface area contributed by atoms with Gasteiger partial charge in [0.15, 0.2) is 0 Å². The monoisotopic (exact) mass is 280 g/mol. The van der Waals surface area contributed by atoms with Gasteiger partial charge in [-0.1, -0.05) is 37.8 Å². The number of primary amides is 1. The number of rotatable bonds is 4. The molecule has 19 heavy (non-hydrogen) atoms. The molecule has 3 nitrogen and oxygen atoms in total. The van der Waals surface area contributed by atoms with Gasteiger partial charge in [0.2, 0.25) is 5.91 Å². The number of carbonyl (C=O) groups is 1. The molecule has 4 heteroatoms. The fraction of sp³-hybridized carbons (Fsp3) is 0.533. The average Bonchev–Trinajstić information content (AvgIpc) is 2.39. The molecule has 1 amide bonds. The molecule has 0 saturated heterocycles. The smallest absolute Gasteiger partial charge is 0.250 e. The molecule has 0 aromatic heterocycles. The summed E-state index contributed by atoms with van der Waals surface area (Å²) in [5, 5.41) is 3.97. The summed E-state index contributed by atoms with van der Waals surface area (Å²) in [6.45, 7) is 2.24. The zero-order valence-electron chi connectivity index (χ0n) is 11.3. The Morgan fingerprint density at radius 2 is 2.16 bits per heavy atom. The Morgan fingerprint density at radius 3 is 2.79 bits per heavy atom. The molecule has 104 valence electrons. The van der Waals surface area contributed by atoms with Crippen molar-refractivity contribution >= 4 is 23.2 Å². The number of nitrogens with one attached hydrogen (secondary N) is 1. The van der Waals surface area contributed by atoms with E-state index in [-0.39, 0.29) is 0 Å². The number of hydrogen-bond donors (Lipinski definition) is 2. The molecular weight excluding hydrogens is 260 g/mol. The molecule has 3 N–H and O–H groups in total. The third-order valence-electron chi connectivity index (χ3n) is 4.02. The van der Waals surface area contributed by atoms with Crippen molar-refractivity contribution in [3.8, 4) is 0 Å². The Morgan fingerprint density at radius 1 is 1.42 bits per heavy atom. The van der Waals surface area contributed by atoms with Crippen LogP contribution in [0.4, 0.5) is 5.69 Å². The summed E-state index contributed by atoms with van der Waals surface area (Å²) in [7, 11) is 0. The van der Waals surface area contributed by atoms with E-state index in [2.05, 4.69) is 12.2 Å². The number of carbonyl (C=O) groups excluding carboxylic acids is 1. The van der Waals surface area contributed by atoms with E-state index in [1.807, 2.05) is 6.07 Å². The molecule has 1 aromatic rings. The van der Waals surface area contributed by atoms with E-state index in [4.69, 9.17) is 17.3 Å². The molecule has 2 atom stereocenters. The van der Waals surface area contributed by atoms with Crippen molar-refractivity contribution < 1.29 is 4.79 Å². The van der Waals surface area contributed by atoms with Crippen molar-refractivity contribution in [3.63, 3.8) is 0 Å². The highest BCUT2D eigenvalue weighted by Crippen LogP contribution is 2.30. The summed E-state index contributed by atoms with van der Waals surface area (Å²) in [6.07, 6.45) is 6.30. The van der Waals surface area contributed by atoms with Gasteiger partial charge >= 0.3 is 0 Å². The van der Waals surface area contributed by atoms with E-state index in [0.717, 1.165) is 11.6 Å². The second-order valence-electron chi connectivity index (χ2n) is 5.26. The predicted octanol–water partition coefficient (Wildman–Crippen LogP) is 3.82. The first kappa shape index (κ1) is 14.2. The predicted molar refractivity (Wildman–Crippen MR) is 79.6 cm³/mol. The fourth-order valence-corrected chi connectivity index (χ4v) is 3.18. The highest BCUT2D eigenvalue weighted by molar-refractivity contribution is 6.34. The molecule has 1 aliphatic rings. The zero-order chi connectivity index (χ0) is 13.8. The summed E-state index contributed by atoms with van der Waals surface area (Å²) < 4.78 is 0. The molecular formula is C15H21ClN2O. The Labute approximate surface area is 119 Å². The lowest BCUT2D eigenvalue weighted by atomic mass is 9.83. The van der Waals surface area contributed by atoms with Crippen LogP contribution in [-0.4, -0.2) is 11.9 Å². The molecule has 0 heterocycles. The lowest BCUT2D eigenvalue weighted by molar-refractivity contribution is 0.100. The molecule has 0 bridgehead atoms. The maximum absolute atomic E-state index is 11.1. The number of nitrogens with two attached hydrogens (primary N) is 1. The van der Waals surface area contributed by atoms with Crippen molar-refractivity contribution in [1.29, 1.82) is 0 Å². The maximum Gasteiger partial charge on any atom is 0.250 e. The van der Waals surface area contributed by atoms with Crippen molar-refractivity contribution in [2.24, 2.45) is 11.7 Å². The summed E-state index contributed by atoms with van der Waals surface area (Å²) in [5.74, 6) is 0.240. The Balaban J connectivity index is 2.10. The molecule has 2 unspecified atom stereocenters. The molecule has 1 fully saturated rings.